The van der Waals surface area contributed by atoms with Gasteiger partial charge in [0, 0.05) is 44.0 Å². The second-order valence-electron chi connectivity index (χ2n) is 5.16. The van der Waals surface area contributed by atoms with Crippen molar-refractivity contribution in [2.24, 2.45) is 0 Å². The summed E-state index contributed by atoms with van der Waals surface area (Å²) in [6.45, 7) is 2.50. The molecule has 0 atom stereocenters. The van der Waals surface area contributed by atoms with Crippen molar-refractivity contribution in [1.82, 2.24) is 4.90 Å². The normalized spacial score (nSPS) is 14.8. The molecule has 2 aromatic rings. The van der Waals surface area contributed by atoms with Crippen LogP contribution in [0.15, 0.2) is 45.5 Å². The van der Waals surface area contributed by atoms with E-state index in [2.05, 4.69) is 20.8 Å². The minimum absolute atomic E-state index is 0.0750. The molecule has 0 unspecified atom stereocenters. The standard InChI is InChI=1S/C15H14BrN3O4/c16-14-6-5-13(23-14)15(20)18-9-7-17(8-10-18)11-1-3-12(4-2-11)19(21)22/h1-6H,7-10H2. The number of benzene rings is 1. The van der Waals surface area contributed by atoms with Crippen molar-refractivity contribution in [3.05, 3.63) is 56.9 Å². The van der Waals surface area contributed by atoms with Crippen molar-refractivity contribution in [2.45, 2.75) is 0 Å². The van der Waals surface area contributed by atoms with Gasteiger partial charge in [-0.2, -0.15) is 0 Å². The summed E-state index contributed by atoms with van der Waals surface area (Å²) in [6, 6.07) is 9.80. The van der Waals surface area contributed by atoms with Gasteiger partial charge in [0.25, 0.3) is 11.6 Å². The van der Waals surface area contributed by atoms with E-state index >= 15 is 0 Å². The molecule has 120 valence electrons. The van der Waals surface area contributed by atoms with Gasteiger partial charge in [-0.15, -0.1) is 0 Å². The SMILES string of the molecule is O=C(c1ccc(Br)o1)N1CCN(c2ccc([N+](=O)[O-])cc2)CC1. The summed E-state index contributed by atoms with van der Waals surface area (Å²) in [5, 5.41) is 10.7. The van der Waals surface area contributed by atoms with Crippen LogP contribution in [0.1, 0.15) is 10.6 Å². The van der Waals surface area contributed by atoms with Crippen molar-refractivity contribution < 1.29 is 14.1 Å². The van der Waals surface area contributed by atoms with E-state index in [0.29, 0.717) is 36.6 Å². The van der Waals surface area contributed by atoms with E-state index in [4.69, 9.17) is 4.42 Å². The quantitative estimate of drug-likeness (QED) is 0.604. The Balaban J connectivity index is 1.61. The Kier molecular flexibility index (Phi) is 4.33. The number of amides is 1. The fraction of sp³-hybridized carbons (Fsp3) is 0.267. The third-order valence-electron chi connectivity index (χ3n) is 3.78. The smallest absolute Gasteiger partial charge is 0.289 e. The number of piperazine rings is 1. The third-order valence-corrected chi connectivity index (χ3v) is 4.20. The van der Waals surface area contributed by atoms with Gasteiger partial charge in [0.2, 0.25) is 0 Å². The molecule has 0 saturated carbocycles. The first kappa shape index (κ1) is 15.5. The molecule has 1 aliphatic rings. The zero-order valence-corrected chi connectivity index (χ0v) is 13.7. The average Bonchev–Trinajstić information content (AvgIpc) is 3.01. The largest absolute Gasteiger partial charge is 0.444 e. The second-order valence-corrected chi connectivity index (χ2v) is 5.94. The van der Waals surface area contributed by atoms with E-state index in [-0.39, 0.29) is 11.6 Å². The Morgan fingerprint density at radius 1 is 1.09 bits per heavy atom. The van der Waals surface area contributed by atoms with Crippen LogP contribution in [0.2, 0.25) is 0 Å². The topological polar surface area (TPSA) is 79.8 Å². The number of non-ortho nitro benzene ring substituents is 1. The molecule has 0 bridgehead atoms. The fourth-order valence-corrected chi connectivity index (χ4v) is 2.84. The van der Waals surface area contributed by atoms with Gasteiger partial charge in [-0.25, -0.2) is 0 Å². The van der Waals surface area contributed by atoms with Gasteiger partial charge in [0.05, 0.1) is 4.92 Å². The number of anilines is 1. The molecule has 0 spiro atoms. The van der Waals surface area contributed by atoms with Gasteiger partial charge in [-0.05, 0) is 40.2 Å². The zero-order chi connectivity index (χ0) is 16.4. The molecule has 1 aliphatic heterocycles. The van der Waals surface area contributed by atoms with Crippen molar-refractivity contribution in [2.75, 3.05) is 31.1 Å². The summed E-state index contributed by atoms with van der Waals surface area (Å²) in [6.07, 6.45) is 0. The number of nitro benzene ring substituents is 1. The summed E-state index contributed by atoms with van der Waals surface area (Å²) in [7, 11) is 0. The fourth-order valence-electron chi connectivity index (χ4n) is 2.54. The molecule has 3 rings (SSSR count). The molecule has 1 amide bonds. The molecule has 1 aromatic carbocycles. The van der Waals surface area contributed by atoms with Crippen LogP contribution in [0.3, 0.4) is 0 Å². The maximum Gasteiger partial charge on any atom is 0.289 e. The van der Waals surface area contributed by atoms with Crippen molar-refractivity contribution >= 4 is 33.2 Å². The van der Waals surface area contributed by atoms with Crippen LogP contribution in [0.5, 0.6) is 0 Å². The van der Waals surface area contributed by atoms with Crippen LogP contribution in [-0.2, 0) is 0 Å². The lowest BCUT2D eigenvalue weighted by molar-refractivity contribution is -0.384. The van der Waals surface area contributed by atoms with Gasteiger partial charge in [0.1, 0.15) is 0 Å². The molecule has 1 saturated heterocycles. The van der Waals surface area contributed by atoms with Gasteiger partial charge in [-0.3, -0.25) is 14.9 Å². The van der Waals surface area contributed by atoms with Gasteiger partial charge < -0.3 is 14.2 Å². The monoisotopic (exact) mass is 379 g/mol. The summed E-state index contributed by atoms with van der Waals surface area (Å²) in [4.78, 5) is 26.4. The van der Waals surface area contributed by atoms with Crippen LogP contribution >= 0.6 is 15.9 Å². The molecule has 0 radical (unpaired) electrons. The van der Waals surface area contributed by atoms with E-state index in [1.165, 1.54) is 12.1 Å². The number of halogens is 1. The van der Waals surface area contributed by atoms with Crippen LogP contribution in [0.4, 0.5) is 11.4 Å². The summed E-state index contributed by atoms with van der Waals surface area (Å²) >= 11 is 3.19. The van der Waals surface area contributed by atoms with E-state index in [9.17, 15) is 14.9 Å². The molecule has 0 N–H and O–H groups in total. The second kappa shape index (κ2) is 6.41. The molecular formula is C15H14BrN3O4. The van der Waals surface area contributed by atoms with Gasteiger partial charge in [0.15, 0.2) is 10.4 Å². The number of hydrogen-bond donors (Lipinski definition) is 0. The summed E-state index contributed by atoms with van der Waals surface area (Å²) < 4.78 is 5.83. The number of hydrogen-bond acceptors (Lipinski definition) is 5. The van der Waals surface area contributed by atoms with E-state index in [0.717, 1.165) is 5.69 Å². The first-order valence-electron chi connectivity index (χ1n) is 7.08. The first-order chi connectivity index (χ1) is 11.0. The van der Waals surface area contributed by atoms with Crippen LogP contribution in [-0.4, -0.2) is 41.9 Å². The molecular weight excluding hydrogens is 366 g/mol. The maximum atomic E-state index is 12.3. The van der Waals surface area contributed by atoms with E-state index in [1.54, 1.807) is 29.2 Å². The number of nitrogens with zero attached hydrogens (tertiary/aromatic N) is 3. The van der Waals surface area contributed by atoms with E-state index < -0.39 is 4.92 Å². The molecule has 1 aromatic heterocycles. The minimum Gasteiger partial charge on any atom is -0.444 e. The Morgan fingerprint density at radius 3 is 2.26 bits per heavy atom. The van der Waals surface area contributed by atoms with Crippen LogP contribution in [0, 0.1) is 10.1 Å². The van der Waals surface area contributed by atoms with Gasteiger partial charge >= 0.3 is 0 Å². The highest BCUT2D eigenvalue weighted by Crippen LogP contribution is 2.22. The molecule has 8 heteroatoms. The number of nitro groups is 1. The molecule has 0 aliphatic carbocycles. The lowest BCUT2D eigenvalue weighted by Gasteiger charge is -2.35. The Labute approximate surface area is 140 Å². The van der Waals surface area contributed by atoms with Gasteiger partial charge in [-0.1, -0.05) is 0 Å². The predicted octanol–water partition coefficient (Wildman–Crippen LogP) is 2.91. The zero-order valence-electron chi connectivity index (χ0n) is 12.1. The van der Waals surface area contributed by atoms with E-state index in [1.807, 2.05) is 0 Å². The molecule has 1 fully saturated rings. The number of carbonyl (C=O) groups excluding carboxylic acids is 1. The Hall–Kier alpha value is -2.35. The maximum absolute atomic E-state index is 12.3. The molecule has 7 nitrogen and oxygen atoms in total. The lowest BCUT2D eigenvalue weighted by Crippen LogP contribution is -2.48. The third kappa shape index (κ3) is 3.37. The first-order valence-corrected chi connectivity index (χ1v) is 7.88. The highest BCUT2D eigenvalue weighted by atomic mass is 79.9. The highest BCUT2D eigenvalue weighted by molar-refractivity contribution is 9.10. The predicted molar refractivity (Wildman–Crippen MR) is 87.6 cm³/mol. The number of rotatable bonds is 3. The average molecular weight is 380 g/mol. The number of furan rings is 1. The highest BCUT2D eigenvalue weighted by Gasteiger charge is 2.24. The van der Waals surface area contributed by atoms with Crippen LogP contribution < -0.4 is 4.90 Å². The Morgan fingerprint density at radius 2 is 1.74 bits per heavy atom. The van der Waals surface area contributed by atoms with Crippen molar-refractivity contribution in [3.8, 4) is 0 Å². The summed E-state index contributed by atoms with van der Waals surface area (Å²) in [5.41, 5.74) is 0.995. The Bertz CT molecular complexity index is 721. The molecule has 2 heterocycles. The molecule has 23 heavy (non-hydrogen) atoms. The summed E-state index contributed by atoms with van der Waals surface area (Å²) in [5.74, 6) is 0.194. The van der Waals surface area contributed by atoms with Crippen molar-refractivity contribution in [1.29, 1.82) is 0 Å². The van der Waals surface area contributed by atoms with Crippen LogP contribution in [0.25, 0.3) is 0 Å². The lowest BCUT2D eigenvalue weighted by atomic mass is 10.2. The number of carbonyl (C=O) groups is 1. The van der Waals surface area contributed by atoms with Crippen molar-refractivity contribution in [3.63, 3.8) is 0 Å². The minimum atomic E-state index is -0.415.